The summed E-state index contributed by atoms with van der Waals surface area (Å²) in [6.45, 7) is 0. The topological polar surface area (TPSA) is 65.1 Å². The second kappa shape index (κ2) is 9.48. The maximum absolute atomic E-state index is 13.4. The Hall–Kier alpha value is -2.84. The van der Waals surface area contributed by atoms with Crippen molar-refractivity contribution in [3.05, 3.63) is 52.9 Å². The first-order chi connectivity index (χ1) is 17.9. The minimum atomic E-state index is -0.339. The van der Waals surface area contributed by atoms with Crippen LogP contribution in [0.15, 0.2) is 47.4 Å². The number of amides is 1. The van der Waals surface area contributed by atoms with E-state index in [0.29, 0.717) is 49.9 Å². The summed E-state index contributed by atoms with van der Waals surface area (Å²) in [5.41, 5.74) is 1.12. The fourth-order valence-electron chi connectivity index (χ4n) is 7.00. The van der Waals surface area contributed by atoms with E-state index in [2.05, 4.69) is 0 Å². The molecule has 2 aromatic rings. The zero-order valence-corrected chi connectivity index (χ0v) is 22.5. The van der Waals surface area contributed by atoms with Crippen molar-refractivity contribution in [3.8, 4) is 17.2 Å². The largest absolute Gasteiger partial charge is 0.497 e. The number of ether oxygens (including phenoxy) is 3. The lowest BCUT2D eigenvalue weighted by atomic mass is 9.49. The molecule has 1 saturated heterocycles. The number of carbonyl (C=O) groups is 2. The lowest BCUT2D eigenvalue weighted by Crippen LogP contribution is -2.51. The van der Waals surface area contributed by atoms with Gasteiger partial charge in [0.25, 0.3) is 5.91 Å². The van der Waals surface area contributed by atoms with Crippen LogP contribution in [0.3, 0.4) is 0 Å². The molecule has 0 spiro atoms. The highest BCUT2D eigenvalue weighted by atomic mass is 32.2. The van der Waals surface area contributed by atoms with Gasteiger partial charge in [-0.25, -0.2) is 0 Å². The van der Waals surface area contributed by atoms with Crippen LogP contribution < -0.4 is 19.1 Å². The van der Waals surface area contributed by atoms with Crippen molar-refractivity contribution < 1.29 is 23.8 Å². The Balaban J connectivity index is 1.20. The smallest absolute Gasteiger partial charge is 0.317 e. The standard InChI is InChI=1S/C29H29NO5S2/c1-33-22-6-4-21(5-7-22)30-26(31)25(37-28(30)36)13-17-3-8-23(24(12-17)34-2)35-27(32)29-14-18-9-19(15-29)11-20(10-18)16-29/h3-8,12-13,18-20H,9-11,14-16H2,1-2H3. The van der Waals surface area contributed by atoms with Crippen LogP contribution in [0.1, 0.15) is 44.1 Å². The number of nitrogens with zero attached hydrogens (tertiary/aromatic N) is 1. The van der Waals surface area contributed by atoms with Gasteiger partial charge in [0.2, 0.25) is 0 Å². The van der Waals surface area contributed by atoms with Crippen molar-refractivity contribution in [1.82, 2.24) is 0 Å². The normalized spacial score (nSPS) is 29.2. The van der Waals surface area contributed by atoms with E-state index in [1.807, 2.05) is 18.2 Å². The molecule has 1 heterocycles. The fourth-order valence-corrected chi connectivity index (χ4v) is 8.30. The van der Waals surface area contributed by atoms with E-state index >= 15 is 0 Å². The number of hydrogen-bond acceptors (Lipinski definition) is 7. The molecule has 8 heteroatoms. The fraction of sp³-hybridized carbons (Fsp3) is 0.414. The second-order valence-corrected chi connectivity index (χ2v) is 12.4. The van der Waals surface area contributed by atoms with Crippen molar-refractivity contribution in [2.45, 2.75) is 38.5 Å². The third kappa shape index (κ3) is 4.44. The van der Waals surface area contributed by atoms with Gasteiger partial charge in [-0.3, -0.25) is 14.5 Å². The van der Waals surface area contributed by atoms with Crippen LogP contribution in [-0.4, -0.2) is 30.4 Å². The molecule has 4 bridgehead atoms. The summed E-state index contributed by atoms with van der Waals surface area (Å²) in [4.78, 5) is 28.6. The highest BCUT2D eigenvalue weighted by Crippen LogP contribution is 2.60. The SMILES string of the molecule is COc1ccc(N2C(=O)C(=Cc3ccc(OC(=O)C45CC6CC(CC(C6)C4)C5)c(OC)c3)SC2=S)cc1. The van der Waals surface area contributed by atoms with Crippen LogP contribution in [-0.2, 0) is 9.59 Å². The van der Waals surface area contributed by atoms with Gasteiger partial charge < -0.3 is 14.2 Å². The molecule has 5 aliphatic rings. The van der Waals surface area contributed by atoms with E-state index in [1.165, 1.54) is 35.9 Å². The highest BCUT2D eigenvalue weighted by Gasteiger charge is 2.55. The lowest BCUT2D eigenvalue weighted by molar-refractivity contribution is -0.161. The average Bonchev–Trinajstić information content (AvgIpc) is 3.16. The van der Waals surface area contributed by atoms with Crippen LogP contribution in [0.25, 0.3) is 6.08 Å². The lowest BCUT2D eigenvalue weighted by Gasteiger charge is -2.55. The van der Waals surface area contributed by atoms with E-state index in [1.54, 1.807) is 44.6 Å². The molecule has 1 aliphatic heterocycles. The number of thiocarbonyl (C=S) groups is 1. The zero-order chi connectivity index (χ0) is 25.7. The van der Waals surface area contributed by atoms with E-state index in [-0.39, 0.29) is 17.3 Å². The van der Waals surface area contributed by atoms with Crippen molar-refractivity contribution in [2.24, 2.45) is 23.2 Å². The average molecular weight is 536 g/mol. The number of methoxy groups -OCH3 is 2. The molecule has 192 valence electrons. The van der Waals surface area contributed by atoms with Crippen molar-refractivity contribution in [2.75, 3.05) is 19.1 Å². The number of anilines is 1. The molecule has 4 aliphatic carbocycles. The molecule has 5 fully saturated rings. The number of rotatable bonds is 6. The van der Waals surface area contributed by atoms with E-state index in [9.17, 15) is 9.59 Å². The summed E-state index contributed by atoms with van der Waals surface area (Å²) >= 11 is 6.75. The van der Waals surface area contributed by atoms with E-state index in [0.717, 1.165) is 24.8 Å². The van der Waals surface area contributed by atoms with Gasteiger partial charge in [0.05, 0.1) is 30.2 Å². The van der Waals surface area contributed by atoms with Gasteiger partial charge in [-0.05, 0) is 104 Å². The second-order valence-electron chi connectivity index (χ2n) is 10.7. The van der Waals surface area contributed by atoms with Crippen LogP contribution in [0.2, 0.25) is 0 Å². The van der Waals surface area contributed by atoms with Gasteiger partial charge in [-0.1, -0.05) is 30.0 Å². The van der Waals surface area contributed by atoms with E-state index < -0.39 is 0 Å². The Morgan fingerprint density at radius 2 is 1.62 bits per heavy atom. The molecular formula is C29H29NO5S2. The van der Waals surface area contributed by atoms with Gasteiger partial charge >= 0.3 is 5.97 Å². The summed E-state index contributed by atoms with van der Waals surface area (Å²) in [6.07, 6.45) is 8.46. The first kappa shape index (κ1) is 24.5. The summed E-state index contributed by atoms with van der Waals surface area (Å²) < 4.78 is 17.2. The third-order valence-electron chi connectivity index (χ3n) is 8.28. The number of carbonyl (C=O) groups excluding carboxylic acids is 2. The molecule has 6 nitrogen and oxygen atoms in total. The van der Waals surface area contributed by atoms with Gasteiger partial charge in [0, 0.05) is 0 Å². The maximum atomic E-state index is 13.4. The molecule has 0 atom stereocenters. The summed E-state index contributed by atoms with van der Waals surface area (Å²) in [5.74, 6) is 3.30. The minimum Gasteiger partial charge on any atom is -0.497 e. The van der Waals surface area contributed by atoms with Crippen molar-refractivity contribution >= 4 is 51.9 Å². The number of hydrogen-bond donors (Lipinski definition) is 0. The molecule has 0 radical (unpaired) electrons. The number of esters is 1. The van der Waals surface area contributed by atoms with Gasteiger partial charge in [0.15, 0.2) is 15.8 Å². The van der Waals surface area contributed by atoms with E-state index in [4.69, 9.17) is 26.4 Å². The monoisotopic (exact) mass is 535 g/mol. The van der Waals surface area contributed by atoms with Crippen LogP contribution in [0, 0.1) is 23.2 Å². The van der Waals surface area contributed by atoms with Crippen LogP contribution in [0.4, 0.5) is 5.69 Å². The molecular weight excluding hydrogens is 506 g/mol. The summed E-state index contributed by atoms with van der Waals surface area (Å²) in [6, 6.07) is 12.6. The molecule has 0 N–H and O–H groups in total. The molecule has 2 aromatic carbocycles. The Morgan fingerprint density at radius 3 is 2.22 bits per heavy atom. The molecule has 0 aromatic heterocycles. The quantitative estimate of drug-likeness (QED) is 0.188. The minimum absolute atomic E-state index is 0.113. The first-order valence-electron chi connectivity index (χ1n) is 12.7. The van der Waals surface area contributed by atoms with Crippen molar-refractivity contribution in [3.63, 3.8) is 0 Å². The zero-order valence-electron chi connectivity index (χ0n) is 20.9. The summed E-state index contributed by atoms with van der Waals surface area (Å²) in [7, 11) is 3.16. The van der Waals surface area contributed by atoms with Crippen LogP contribution in [0.5, 0.6) is 17.2 Å². The Bertz CT molecular complexity index is 1270. The third-order valence-corrected chi connectivity index (χ3v) is 9.59. The first-order valence-corrected chi connectivity index (χ1v) is 13.9. The Kier molecular flexibility index (Phi) is 6.27. The molecule has 7 rings (SSSR count). The van der Waals surface area contributed by atoms with Gasteiger partial charge in [-0.15, -0.1) is 0 Å². The molecule has 4 saturated carbocycles. The summed E-state index contributed by atoms with van der Waals surface area (Å²) in [5, 5.41) is 0. The Labute approximate surface area is 226 Å². The van der Waals surface area contributed by atoms with Gasteiger partial charge in [0.1, 0.15) is 5.75 Å². The van der Waals surface area contributed by atoms with Crippen molar-refractivity contribution in [1.29, 1.82) is 0 Å². The maximum Gasteiger partial charge on any atom is 0.317 e. The predicted octanol–water partition coefficient (Wildman–Crippen LogP) is 6.23. The molecule has 1 amide bonds. The Morgan fingerprint density at radius 1 is 0.973 bits per heavy atom. The number of thioether (sulfide) groups is 1. The molecule has 37 heavy (non-hydrogen) atoms. The van der Waals surface area contributed by atoms with Crippen LogP contribution >= 0.6 is 24.0 Å². The molecule has 0 unspecified atom stereocenters. The number of benzene rings is 2. The van der Waals surface area contributed by atoms with Gasteiger partial charge in [-0.2, -0.15) is 0 Å². The predicted molar refractivity (Wildman–Crippen MR) is 148 cm³/mol. The highest BCUT2D eigenvalue weighted by molar-refractivity contribution is 8.27.